The van der Waals surface area contributed by atoms with E-state index in [0.717, 1.165) is 25.7 Å². The predicted molar refractivity (Wildman–Crippen MR) is 89.4 cm³/mol. The van der Waals surface area contributed by atoms with Gasteiger partial charge in [0.15, 0.2) is 10.7 Å². The first-order chi connectivity index (χ1) is 10.8. The number of aromatic nitrogens is 3. The number of sulfonamides is 1. The Morgan fingerprint density at radius 1 is 1.22 bits per heavy atom. The van der Waals surface area contributed by atoms with Gasteiger partial charge >= 0.3 is 0 Å². The van der Waals surface area contributed by atoms with Crippen molar-refractivity contribution in [3.8, 4) is 0 Å². The van der Waals surface area contributed by atoms with Gasteiger partial charge in [0, 0.05) is 12.2 Å². The number of hydrogen-bond acceptors (Lipinski definition) is 4. The molecule has 0 spiro atoms. The van der Waals surface area contributed by atoms with Crippen molar-refractivity contribution < 1.29 is 8.42 Å². The van der Waals surface area contributed by atoms with Gasteiger partial charge < -0.3 is 0 Å². The molecule has 0 bridgehead atoms. The summed E-state index contributed by atoms with van der Waals surface area (Å²) in [4.78, 5) is 4.06. The van der Waals surface area contributed by atoms with Crippen LogP contribution in [0.5, 0.6) is 0 Å². The van der Waals surface area contributed by atoms with Gasteiger partial charge in [0.25, 0.3) is 10.0 Å². The normalized spacial score (nSPS) is 23.3. The second-order valence-electron chi connectivity index (χ2n) is 7.46. The Bertz CT molecular complexity index is 784. The summed E-state index contributed by atoms with van der Waals surface area (Å²) in [5, 5.41) is 7.22. The molecule has 23 heavy (non-hydrogen) atoms. The van der Waals surface area contributed by atoms with Gasteiger partial charge in [-0.25, -0.2) is 18.1 Å². The minimum absolute atomic E-state index is 0.00591. The molecule has 0 amide bonds. The largest absolute Gasteiger partial charge is 0.263 e. The maximum absolute atomic E-state index is 12.6. The molecule has 3 rings (SSSR count). The number of hydrogen-bond donors (Lipinski definition) is 2. The van der Waals surface area contributed by atoms with E-state index >= 15 is 0 Å². The van der Waals surface area contributed by atoms with Gasteiger partial charge in [-0.05, 0) is 49.1 Å². The van der Waals surface area contributed by atoms with Crippen LogP contribution in [0.2, 0.25) is 0 Å². The topological polar surface area (TPSA) is 87.7 Å². The summed E-state index contributed by atoms with van der Waals surface area (Å²) in [6.45, 7) is 6.77. The second kappa shape index (κ2) is 5.87. The summed E-state index contributed by atoms with van der Waals surface area (Å²) in [5.41, 5.74) is 0.707. The molecule has 0 atom stereocenters. The Morgan fingerprint density at radius 3 is 2.57 bits per heavy atom. The Morgan fingerprint density at radius 2 is 1.91 bits per heavy atom. The van der Waals surface area contributed by atoms with E-state index in [1.54, 1.807) is 18.3 Å². The molecule has 0 aromatic carbocycles. The third-order valence-corrected chi connectivity index (χ3v) is 6.33. The standard InChI is InChI=1S/C16H24N4O2S/c1-16(2,3)11-6-8-12(9-7-11)20-23(21,22)15-13-5-4-10-17-14(13)18-19-15/h4-5,10-12,20H,6-9H2,1-3H3,(H,17,18,19). The maximum Gasteiger partial charge on any atom is 0.258 e. The lowest BCUT2D eigenvalue weighted by Gasteiger charge is -2.37. The van der Waals surface area contributed by atoms with Gasteiger partial charge in [0.1, 0.15) is 0 Å². The summed E-state index contributed by atoms with van der Waals surface area (Å²) in [6, 6.07) is 3.43. The van der Waals surface area contributed by atoms with Gasteiger partial charge in [-0.2, -0.15) is 5.10 Å². The number of fused-ring (bicyclic) bond motifs is 1. The number of nitrogens with one attached hydrogen (secondary N) is 2. The lowest BCUT2D eigenvalue weighted by Crippen LogP contribution is -2.39. The summed E-state index contributed by atoms with van der Waals surface area (Å²) >= 11 is 0. The first-order valence-corrected chi connectivity index (χ1v) is 9.57. The quantitative estimate of drug-likeness (QED) is 0.902. The first kappa shape index (κ1) is 16.4. The second-order valence-corrected chi connectivity index (χ2v) is 9.11. The van der Waals surface area contributed by atoms with Gasteiger partial charge in [0.2, 0.25) is 0 Å². The molecule has 1 aliphatic carbocycles. The molecule has 0 radical (unpaired) electrons. The third-order valence-electron chi connectivity index (χ3n) is 4.84. The summed E-state index contributed by atoms with van der Waals surface area (Å²) in [6.07, 6.45) is 5.47. The molecule has 0 unspecified atom stereocenters. The highest BCUT2D eigenvalue weighted by Crippen LogP contribution is 2.38. The summed E-state index contributed by atoms with van der Waals surface area (Å²) in [7, 11) is -3.60. The van der Waals surface area contributed by atoms with Gasteiger partial charge in [-0.3, -0.25) is 5.10 Å². The molecule has 2 heterocycles. The van der Waals surface area contributed by atoms with Crippen molar-refractivity contribution in [3.05, 3.63) is 18.3 Å². The third kappa shape index (κ3) is 3.40. The van der Waals surface area contributed by atoms with Crippen molar-refractivity contribution in [3.63, 3.8) is 0 Å². The zero-order chi connectivity index (χ0) is 16.7. The Labute approximate surface area is 137 Å². The molecule has 0 saturated heterocycles. The van der Waals surface area contributed by atoms with Crippen molar-refractivity contribution in [2.24, 2.45) is 11.3 Å². The van der Waals surface area contributed by atoms with Crippen LogP contribution in [-0.4, -0.2) is 29.6 Å². The van der Waals surface area contributed by atoms with Gasteiger partial charge in [-0.15, -0.1) is 0 Å². The van der Waals surface area contributed by atoms with Gasteiger partial charge in [0.05, 0.1) is 5.39 Å². The molecule has 126 valence electrons. The fourth-order valence-corrected chi connectivity index (χ4v) is 4.79. The Balaban J connectivity index is 1.73. The van der Waals surface area contributed by atoms with Gasteiger partial charge in [-0.1, -0.05) is 20.8 Å². The van der Waals surface area contributed by atoms with E-state index in [2.05, 4.69) is 40.7 Å². The van der Waals surface area contributed by atoms with E-state index < -0.39 is 10.0 Å². The molecule has 0 aliphatic heterocycles. The van der Waals surface area contributed by atoms with Crippen LogP contribution in [0.25, 0.3) is 11.0 Å². The van der Waals surface area contributed by atoms with E-state index in [0.29, 0.717) is 17.0 Å². The Hall–Kier alpha value is -1.47. The molecule has 1 aliphatic rings. The molecule has 2 aromatic rings. The van der Waals surface area contributed by atoms with Crippen LogP contribution in [0, 0.1) is 11.3 Å². The van der Waals surface area contributed by atoms with E-state index in [1.807, 2.05) is 0 Å². The number of H-pyrrole nitrogens is 1. The Kier molecular flexibility index (Phi) is 4.18. The smallest absolute Gasteiger partial charge is 0.258 e. The maximum atomic E-state index is 12.6. The average Bonchev–Trinajstić information content (AvgIpc) is 2.91. The zero-order valence-corrected chi connectivity index (χ0v) is 14.7. The van der Waals surface area contributed by atoms with E-state index in [9.17, 15) is 8.42 Å². The fourth-order valence-electron chi connectivity index (χ4n) is 3.39. The highest BCUT2D eigenvalue weighted by atomic mass is 32.2. The molecule has 6 nitrogen and oxygen atoms in total. The van der Waals surface area contributed by atoms with Crippen molar-refractivity contribution >= 4 is 21.1 Å². The predicted octanol–water partition coefficient (Wildman–Crippen LogP) is 2.84. The zero-order valence-electron chi connectivity index (χ0n) is 13.8. The van der Waals surface area contributed by atoms with Crippen LogP contribution in [0.4, 0.5) is 0 Å². The molecule has 2 N–H and O–H groups in total. The minimum atomic E-state index is -3.60. The molecule has 1 fully saturated rings. The van der Waals surface area contributed by atoms with E-state index in [-0.39, 0.29) is 16.5 Å². The summed E-state index contributed by atoms with van der Waals surface area (Å²) in [5.74, 6) is 0.653. The van der Waals surface area contributed by atoms with Crippen LogP contribution in [0.3, 0.4) is 0 Å². The summed E-state index contributed by atoms with van der Waals surface area (Å²) < 4.78 is 28.1. The lowest BCUT2D eigenvalue weighted by atomic mass is 9.71. The SMILES string of the molecule is CC(C)(C)C1CCC(NS(=O)(=O)c2[nH]nc3ncccc23)CC1. The minimum Gasteiger partial charge on any atom is -0.263 e. The molecule has 7 heteroatoms. The number of rotatable bonds is 3. The van der Waals surface area contributed by atoms with Crippen LogP contribution in [0.15, 0.2) is 23.4 Å². The van der Waals surface area contributed by atoms with Crippen molar-refractivity contribution in [2.45, 2.75) is 57.5 Å². The van der Waals surface area contributed by atoms with Crippen LogP contribution in [0.1, 0.15) is 46.5 Å². The monoisotopic (exact) mass is 336 g/mol. The lowest BCUT2D eigenvalue weighted by molar-refractivity contribution is 0.166. The van der Waals surface area contributed by atoms with Crippen LogP contribution >= 0.6 is 0 Å². The first-order valence-electron chi connectivity index (χ1n) is 8.09. The number of aromatic amines is 1. The average molecular weight is 336 g/mol. The van der Waals surface area contributed by atoms with E-state index in [1.165, 1.54) is 0 Å². The highest BCUT2D eigenvalue weighted by molar-refractivity contribution is 7.89. The number of nitrogens with zero attached hydrogens (tertiary/aromatic N) is 2. The highest BCUT2D eigenvalue weighted by Gasteiger charge is 2.32. The van der Waals surface area contributed by atoms with Crippen molar-refractivity contribution in [1.29, 1.82) is 0 Å². The molecule has 2 aromatic heterocycles. The fraction of sp³-hybridized carbons (Fsp3) is 0.625. The molecular weight excluding hydrogens is 312 g/mol. The van der Waals surface area contributed by atoms with Crippen molar-refractivity contribution in [1.82, 2.24) is 19.9 Å². The van der Waals surface area contributed by atoms with E-state index in [4.69, 9.17) is 0 Å². The molecule has 1 saturated carbocycles. The number of pyridine rings is 1. The van der Waals surface area contributed by atoms with Crippen molar-refractivity contribution in [2.75, 3.05) is 0 Å². The van der Waals surface area contributed by atoms with Crippen LogP contribution in [-0.2, 0) is 10.0 Å². The van der Waals surface area contributed by atoms with Crippen LogP contribution < -0.4 is 4.72 Å². The molecular formula is C16H24N4O2S.